The van der Waals surface area contributed by atoms with Crippen LogP contribution in [0.2, 0.25) is 0 Å². The zero-order chi connectivity index (χ0) is 17.0. The van der Waals surface area contributed by atoms with Crippen LogP contribution in [0.25, 0.3) is 11.5 Å². The molecule has 0 saturated heterocycles. The summed E-state index contributed by atoms with van der Waals surface area (Å²) < 4.78 is 11.7. The van der Waals surface area contributed by atoms with Crippen molar-refractivity contribution >= 4 is 22.0 Å². The first-order valence-electron chi connectivity index (χ1n) is 7.40. The molecule has 2 rings (SSSR count). The Bertz CT molecular complexity index is 700. The van der Waals surface area contributed by atoms with Crippen LogP contribution in [-0.4, -0.2) is 34.7 Å². The number of amides is 1. The monoisotopic (exact) mass is 381 g/mol. The molecule has 0 aliphatic heterocycles. The van der Waals surface area contributed by atoms with Crippen molar-refractivity contribution in [3.8, 4) is 11.5 Å². The fourth-order valence-electron chi connectivity index (χ4n) is 2.10. The lowest BCUT2D eigenvalue weighted by molar-refractivity contribution is 0.105. The van der Waals surface area contributed by atoms with Gasteiger partial charge in [0.2, 0.25) is 0 Å². The first kappa shape index (κ1) is 17.5. The molecule has 1 amide bonds. The Morgan fingerprint density at radius 3 is 2.74 bits per heavy atom. The molecule has 0 aliphatic rings. The van der Waals surface area contributed by atoms with E-state index in [1.165, 1.54) is 0 Å². The minimum Gasteiger partial charge on any atom is -0.444 e. The summed E-state index contributed by atoms with van der Waals surface area (Å²) in [5.74, 6) is 0.532. The van der Waals surface area contributed by atoms with Gasteiger partial charge in [-0.2, -0.15) is 0 Å². The standard InChI is InChI=1S/C16H20BrN3O3/c1-5-8-20(4)16(21)22-9-12-10(2)19-23-15(12)14-7-6-13(17)11(3)18-14/h6-7H,5,8-9H2,1-4H3. The predicted octanol–water partition coefficient (Wildman–Crippen LogP) is 4.09. The second kappa shape index (κ2) is 7.59. The van der Waals surface area contributed by atoms with E-state index < -0.39 is 0 Å². The van der Waals surface area contributed by atoms with Gasteiger partial charge in [-0.1, -0.05) is 12.1 Å². The molecule has 0 spiro atoms. The fourth-order valence-corrected chi connectivity index (χ4v) is 2.32. The van der Waals surface area contributed by atoms with Crippen LogP contribution >= 0.6 is 15.9 Å². The average Bonchev–Trinajstić information content (AvgIpc) is 2.89. The van der Waals surface area contributed by atoms with Crippen LogP contribution in [0.3, 0.4) is 0 Å². The molecule has 2 aromatic rings. The first-order valence-corrected chi connectivity index (χ1v) is 8.19. The van der Waals surface area contributed by atoms with Crippen molar-refractivity contribution in [3.63, 3.8) is 0 Å². The number of pyridine rings is 1. The Kier molecular flexibility index (Phi) is 5.76. The summed E-state index contributed by atoms with van der Waals surface area (Å²) in [6.07, 6.45) is 0.518. The zero-order valence-electron chi connectivity index (χ0n) is 13.7. The van der Waals surface area contributed by atoms with Gasteiger partial charge in [-0.25, -0.2) is 9.78 Å². The topological polar surface area (TPSA) is 68.5 Å². The van der Waals surface area contributed by atoms with Crippen molar-refractivity contribution < 1.29 is 14.1 Å². The van der Waals surface area contributed by atoms with Gasteiger partial charge in [0.05, 0.1) is 17.0 Å². The van der Waals surface area contributed by atoms with Crippen LogP contribution in [0.4, 0.5) is 4.79 Å². The maximum Gasteiger partial charge on any atom is 0.409 e. The maximum atomic E-state index is 11.9. The number of carbonyl (C=O) groups is 1. The van der Waals surface area contributed by atoms with Gasteiger partial charge in [0.15, 0.2) is 5.76 Å². The smallest absolute Gasteiger partial charge is 0.409 e. The Morgan fingerprint density at radius 1 is 1.35 bits per heavy atom. The van der Waals surface area contributed by atoms with Crippen LogP contribution < -0.4 is 0 Å². The molecule has 0 fully saturated rings. The molecule has 0 unspecified atom stereocenters. The molecule has 23 heavy (non-hydrogen) atoms. The number of nitrogens with zero attached hydrogens (tertiary/aromatic N) is 3. The lowest BCUT2D eigenvalue weighted by Crippen LogP contribution is -2.28. The van der Waals surface area contributed by atoms with Gasteiger partial charge in [-0.05, 0) is 48.3 Å². The van der Waals surface area contributed by atoms with Gasteiger partial charge < -0.3 is 14.2 Å². The summed E-state index contributed by atoms with van der Waals surface area (Å²) in [6.45, 7) is 6.48. The average molecular weight is 382 g/mol. The van der Waals surface area contributed by atoms with E-state index in [2.05, 4.69) is 26.1 Å². The minimum absolute atomic E-state index is 0.106. The number of aromatic nitrogens is 2. The molecule has 0 aromatic carbocycles. The predicted molar refractivity (Wildman–Crippen MR) is 90.0 cm³/mol. The summed E-state index contributed by atoms with van der Waals surface area (Å²) in [6, 6.07) is 3.74. The molecule has 2 heterocycles. The van der Waals surface area contributed by atoms with Gasteiger partial charge in [0.25, 0.3) is 0 Å². The van der Waals surface area contributed by atoms with E-state index in [1.807, 2.05) is 32.9 Å². The van der Waals surface area contributed by atoms with Gasteiger partial charge in [0.1, 0.15) is 12.3 Å². The number of hydrogen-bond acceptors (Lipinski definition) is 5. The quantitative estimate of drug-likeness (QED) is 0.779. The molecule has 2 aromatic heterocycles. The number of hydrogen-bond donors (Lipinski definition) is 0. The highest BCUT2D eigenvalue weighted by molar-refractivity contribution is 9.10. The summed E-state index contributed by atoms with van der Waals surface area (Å²) in [5.41, 5.74) is 2.94. The van der Waals surface area contributed by atoms with Crippen LogP contribution in [0, 0.1) is 13.8 Å². The van der Waals surface area contributed by atoms with Gasteiger partial charge in [-0.3, -0.25) is 0 Å². The molecule has 0 N–H and O–H groups in total. The second-order valence-electron chi connectivity index (χ2n) is 5.32. The molecule has 0 bridgehead atoms. The molecule has 0 saturated carbocycles. The van der Waals surface area contributed by atoms with Crippen molar-refractivity contribution in [2.75, 3.05) is 13.6 Å². The van der Waals surface area contributed by atoms with Crippen LogP contribution in [0.1, 0.15) is 30.3 Å². The van der Waals surface area contributed by atoms with Crippen molar-refractivity contribution in [3.05, 3.63) is 33.6 Å². The summed E-state index contributed by atoms with van der Waals surface area (Å²) in [4.78, 5) is 17.9. The van der Waals surface area contributed by atoms with E-state index in [-0.39, 0.29) is 12.7 Å². The molecule has 0 radical (unpaired) electrons. The maximum absolute atomic E-state index is 11.9. The van der Waals surface area contributed by atoms with E-state index in [0.29, 0.717) is 23.7 Å². The van der Waals surface area contributed by atoms with E-state index >= 15 is 0 Å². The molecular formula is C16H20BrN3O3. The SMILES string of the molecule is CCCN(C)C(=O)OCc1c(C)noc1-c1ccc(Br)c(C)n1. The molecule has 6 nitrogen and oxygen atoms in total. The summed E-state index contributed by atoms with van der Waals surface area (Å²) in [5, 5.41) is 3.97. The van der Waals surface area contributed by atoms with E-state index in [4.69, 9.17) is 9.26 Å². The van der Waals surface area contributed by atoms with Crippen molar-refractivity contribution in [2.45, 2.75) is 33.8 Å². The van der Waals surface area contributed by atoms with Crippen LogP contribution in [0.15, 0.2) is 21.1 Å². The fraction of sp³-hybridized carbons (Fsp3) is 0.438. The minimum atomic E-state index is -0.363. The van der Waals surface area contributed by atoms with Crippen LogP contribution in [0.5, 0.6) is 0 Å². The molecule has 0 aliphatic carbocycles. The molecule has 124 valence electrons. The lowest BCUT2D eigenvalue weighted by atomic mass is 10.1. The number of carbonyl (C=O) groups excluding carboxylic acids is 1. The van der Waals surface area contributed by atoms with Gasteiger partial charge in [-0.15, -0.1) is 0 Å². The Morgan fingerprint density at radius 2 is 2.09 bits per heavy atom. The number of aryl methyl sites for hydroxylation is 2. The Balaban J connectivity index is 2.18. The Hall–Kier alpha value is -1.89. The first-order chi connectivity index (χ1) is 10.9. The van der Waals surface area contributed by atoms with Crippen molar-refractivity contribution in [2.24, 2.45) is 0 Å². The zero-order valence-corrected chi connectivity index (χ0v) is 15.3. The number of ether oxygens (including phenoxy) is 1. The normalized spacial score (nSPS) is 10.7. The number of rotatable bonds is 5. The molecule has 0 atom stereocenters. The molecular weight excluding hydrogens is 362 g/mol. The highest BCUT2D eigenvalue weighted by Crippen LogP contribution is 2.27. The summed E-state index contributed by atoms with van der Waals surface area (Å²) in [7, 11) is 1.72. The lowest BCUT2D eigenvalue weighted by Gasteiger charge is -2.15. The second-order valence-corrected chi connectivity index (χ2v) is 6.17. The van der Waals surface area contributed by atoms with Gasteiger partial charge >= 0.3 is 6.09 Å². The van der Waals surface area contributed by atoms with Gasteiger partial charge in [0, 0.05) is 18.1 Å². The highest BCUT2D eigenvalue weighted by atomic mass is 79.9. The largest absolute Gasteiger partial charge is 0.444 e. The Labute approximate surface area is 143 Å². The van der Waals surface area contributed by atoms with E-state index in [9.17, 15) is 4.79 Å². The number of halogens is 1. The third kappa shape index (κ3) is 4.10. The van der Waals surface area contributed by atoms with Crippen LogP contribution in [-0.2, 0) is 11.3 Å². The van der Waals surface area contributed by atoms with Crippen molar-refractivity contribution in [1.29, 1.82) is 0 Å². The highest BCUT2D eigenvalue weighted by Gasteiger charge is 2.19. The summed E-state index contributed by atoms with van der Waals surface area (Å²) >= 11 is 3.42. The van der Waals surface area contributed by atoms with E-state index in [0.717, 1.165) is 22.2 Å². The van der Waals surface area contributed by atoms with Crippen molar-refractivity contribution in [1.82, 2.24) is 15.0 Å². The molecule has 7 heteroatoms. The van der Waals surface area contributed by atoms with E-state index in [1.54, 1.807) is 11.9 Å². The third-order valence-corrected chi connectivity index (χ3v) is 4.29. The third-order valence-electron chi connectivity index (χ3n) is 3.45.